The quantitative estimate of drug-likeness (QED) is 0.311. The summed E-state index contributed by atoms with van der Waals surface area (Å²) in [6.45, 7) is 0. The minimum atomic E-state index is -1.05. The molecule has 1 aliphatic rings. The van der Waals surface area contributed by atoms with Crippen LogP contribution in [0.15, 0.2) is 83.4 Å². The molecule has 0 amide bonds. The molecular formula is C25H18ClN3O4S. The first-order chi connectivity index (χ1) is 16.4. The zero-order valence-electron chi connectivity index (χ0n) is 17.6. The van der Waals surface area contributed by atoms with Gasteiger partial charge in [0.1, 0.15) is 23.3 Å². The highest BCUT2D eigenvalue weighted by Crippen LogP contribution is 2.43. The smallest absolute Gasteiger partial charge is 0.335 e. The van der Waals surface area contributed by atoms with Gasteiger partial charge in [-0.3, -0.25) is 4.98 Å². The monoisotopic (exact) mass is 491 g/mol. The number of rotatable bonds is 5. The summed E-state index contributed by atoms with van der Waals surface area (Å²) in [5, 5.41) is 23.3. The van der Waals surface area contributed by atoms with Gasteiger partial charge in [-0.2, -0.15) is 0 Å². The van der Waals surface area contributed by atoms with E-state index in [2.05, 4.69) is 10.3 Å². The van der Waals surface area contributed by atoms with Gasteiger partial charge < -0.3 is 24.8 Å². The number of pyridine rings is 1. The third-order valence-corrected chi connectivity index (χ3v) is 6.27. The Labute approximate surface area is 205 Å². The number of furan rings is 1. The Balaban J connectivity index is 1.61. The van der Waals surface area contributed by atoms with Gasteiger partial charge in [0.15, 0.2) is 5.11 Å². The summed E-state index contributed by atoms with van der Waals surface area (Å²) in [5.41, 5.74) is 2.13. The van der Waals surface area contributed by atoms with Gasteiger partial charge in [-0.15, -0.1) is 0 Å². The van der Waals surface area contributed by atoms with Crippen molar-refractivity contribution in [3.63, 3.8) is 0 Å². The summed E-state index contributed by atoms with van der Waals surface area (Å²) >= 11 is 12.0. The summed E-state index contributed by atoms with van der Waals surface area (Å²) < 4.78 is 6.25. The molecule has 0 spiro atoms. The van der Waals surface area contributed by atoms with Crippen LogP contribution in [-0.2, 0) is 0 Å². The van der Waals surface area contributed by atoms with Gasteiger partial charge in [-0.25, -0.2) is 4.79 Å². The molecule has 1 aliphatic heterocycles. The van der Waals surface area contributed by atoms with Gasteiger partial charge in [0.2, 0.25) is 0 Å². The predicted octanol–water partition coefficient (Wildman–Crippen LogP) is 5.58. The number of phenols is 1. The Morgan fingerprint density at radius 2 is 1.88 bits per heavy atom. The van der Waals surface area contributed by atoms with Crippen LogP contribution in [0.2, 0.25) is 5.02 Å². The number of aromatic hydroxyl groups is 1. The van der Waals surface area contributed by atoms with Gasteiger partial charge >= 0.3 is 5.97 Å². The SMILES string of the molecule is O=C(O)c1ccc(Cl)c(-c2ccc(C3C(c4ccccn4)NC(=S)N3c3ccc(O)cc3)o2)c1. The molecule has 2 aromatic heterocycles. The second kappa shape index (κ2) is 8.81. The molecule has 0 aliphatic carbocycles. The topological polar surface area (TPSA) is 98.8 Å². The van der Waals surface area contributed by atoms with Crippen molar-refractivity contribution in [3.05, 3.63) is 101 Å². The van der Waals surface area contributed by atoms with Gasteiger partial charge in [-0.1, -0.05) is 17.7 Å². The van der Waals surface area contributed by atoms with Crippen LogP contribution in [-0.4, -0.2) is 26.3 Å². The first-order valence-corrected chi connectivity index (χ1v) is 11.1. The minimum Gasteiger partial charge on any atom is -0.508 e. The summed E-state index contributed by atoms with van der Waals surface area (Å²) in [4.78, 5) is 17.9. The molecule has 2 atom stereocenters. The second-order valence-electron chi connectivity index (χ2n) is 7.71. The molecule has 5 rings (SSSR count). The summed E-state index contributed by atoms with van der Waals surface area (Å²) in [6, 6.07) is 19.7. The number of hydrogen-bond donors (Lipinski definition) is 3. The molecule has 0 radical (unpaired) electrons. The van der Waals surface area contributed by atoms with Gasteiger partial charge in [0.05, 0.1) is 22.3 Å². The highest BCUT2D eigenvalue weighted by molar-refractivity contribution is 7.80. The molecule has 0 bridgehead atoms. The normalized spacial score (nSPS) is 17.6. The highest BCUT2D eigenvalue weighted by Gasteiger charge is 2.42. The lowest BCUT2D eigenvalue weighted by Gasteiger charge is -2.26. The lowest BCUT2D eigenvalue weighted by molar-refractivity contribution is 0.0697. The molecule has 1 fully saturated rings. The van der Waals surface area contributed by atoms with E-state index in [0.717, 1.165) is 11.4 Å². The molecule has 9 heteroatoms. The van der Waals surface area contributed by atoms with Gasteiger partial charge in [0, 0.05) is 17.4 Å². The molecule has 7 nitrogen and oxygen atoms in total. The van der Waals surface area contributed by atoms with Crippen LogP contribution >= 0.6 is 23.8 Å². The van der Waals surface area contributed by atoms with Crippen molar-refractivity contribution >= 4 is 40.6 Å². The predicted molar refractivity (Wildman–Crippen MR) is 132 cm³/mol. The number of benzene rings is 2. The maximum absolute atomic E-state index is 11.4. The third-order valence-electron chi connectivity index (χ3n) is 5.62. The summed E-state index contributed by atoms with van der Waals surface area (Å²) in [7, 11) is 0. The van der Waals surface area contributed by atoms with E-state index in [1.165, 1.54) is 18.2 Å². The standard InChI is InChI=1S/C25H18ClN3O4S/c26-18-9-4-14(24(31)32)13-17(18)20-10-11-21(33-20)23-22(19-3-1-2-12-27-19)28-25(34)29(23)15-5-7-16(30)8-6-15/h1-13,22-23,30H,(H,28,34)(H,31,32). The van der Waals surface area contributed by atoms with Crippen molar-refractivity contribution in [3.8, 4) is 17.1 Å². The average Bonchev–Trinajstić information content (AvgIpc) is 3.45. The second-order valence-corrected chi connectivity index (χ2v) is 8.51. The van der Waals surface area contributed by atoms with Crippen molar-refractivity contribution in [2.45, 2.75) is 12.1 Å². The van der Waals surface area contributed by atoms with E-state index in [0.29, 0.717) is 27.2 Å². The number of halogens is 1. The Bertz CT molecular complexity index is 1370. The van der Waals surface area contributed by atoms with Crippen LogP contribution in [0.3, 0.4) is 0 Å². The van der Waals surface area contributed by atoms with E-state index < -0.39 is 12.0 Å². The van der Waals surface area contributed by atoms with Crippen molar-refractivity contribution < 1.29 is 19.4 Å². The fourth-order valence-corrected chi connectivity index (χ4v) is 4.60. The zero-order chi connectivity index (χ0) is 23.8. The summed E-state index contributed by atoms with van der Waals surface area (Å²) in [6.07, 6.45) is 1.71. The van der Waals surface area contributed by atoms with Crippen LogP contribution < -0.4 is 10.2 Å². The van der Waals surface area contributed by atoms with E-state index in [1.54, 1.807) is 36.5 Å². The van der Waals surface area contributed by atoms with E-state index in [1.807, 2.05) is 29.2 Å². The number of carboxylic acid groups (broad SMARTS) is 1. The van der Waals surface area contributed by atoms with Crippen LogP contribution in [0.25, 0.3) is 11.3 Å². The molecule has 1 saturated heterocycles. The largest absolute Gasteiger partial charge is 0.508 e. The first kappa shape index (κ1) is 21.9. The highest BCUT2D eigenvalue weighted by atomic mass is 35.5. The number of phenolic OH excluding ortho intramolecular Hbond substituents is 1. The molecule has 3 N–H and O–H groups in total. The van der Waals surface area contributed by atoms with E-state index in [-0.39, 0.29) is 17.4 Å². The van der Waals surface area contributed by atoms with E-state index in [4.69, 9.17) is 28.2 Å². The number of aromatic carboxylic acids is 1. The number of hydrogen-bond acceptors (Lipinski definition) is 5. The number of nitrogens with one attached hydrogen (secondary N) is 1. The molecule has 0 saturated carbocycles. The number of carbonyl (C=O) groups is 1. The molecule has 3 heterocycles. The maximum Gasteiger partial charge on any atom is 0.335 e. The number of carboxylic acids is 1. The fourth-order valence-electron chi connectivity index (χ4n) is 4.04. The lowest BCUT2D eigenvalue weighted by atomic mass is 10.0. The van der Waals surface area contributed by atoms with Crippen molar-refractivity contribution in [2.24, 2.45) is 0 Å². The van der Waals surface area contributed by atoms with E-state index >= 15 is 0 Å². The molecule has 2 unspecified atom stereocenters. The van der Waals surface area contributed by atoms with Crippen LogP contribution in [0.4, 0.5) is 5.69 Å². The van der Waals surface area contributed by atoms with Crippen LogP contribution in [0.1, 0.15) is 33.9 Å². The van der Waals surface area contributed by atoms with Crippen LogP contribution in [0, 0.1) is 0 Å². The molecule has 4 aromatic rings. The molecule has 170 valence electrons. The molecule has 2 aromatic carbocycles. The third kappa shape index (κ3) is 3.98. The average molecular weight is 492 g/mol. The van der Waals surface area contributed by atoms with Crippen molar-refractivity contribution in [2.75, 3.05) is 4.90 Å². The number of aromatic nitrogens is 1. The van der Waals surface area contributed by atoms with Crippen molar-refractivity contribution in [1.82, 2.24) is 10.3 Å². The first-order valence-electron chi connectivity index (χ1n) is 10.3. The Hall–Kier alpha value is -3.88. The lowest BCUT2D eigenvalue weighted by Crippen LogP contribution is -2.29. The Morgan fingerprint density at radius 3 is 2.59 bits per heavy atom. The number of nitrogens with zero attached hydrogens (tertiary/aromatic N) is 2. The molecule has 34 heavy (non-hydrogen) atoms. The van der Waals surface area contributed by atoms with Crippen molar-refractivity contribution in [1.29, 1.82) is 0 Å². The fraction of sp³-hybridized carbons (Fsp3) is 0.0800. The van der Waals surface area contributed by atoms with Gasteiger partial charge in [-0.05, 0) is 78.9 Å². The number of anilines is 1. The van der Waals surface area contributed by atoms with Crippen LogP contribution in [0.5, 0.6) is 5.75 Å². The zero-order valence-corrected chi connectivity index (χ0v) is 19.1. The minimum absolute atomic E-state index is 0.109. The van der Waals surface area contributed by atoms with E-state index in [9.17, 15) is 15.0 Å². The molecular weight excluding hydrogens is 474 g/mol. The Kier molecular flexibility index (Phi) is 5.69. The summed E-state index contributed by atoms with van der Waals surface area (Å²) in [5.74, 6) is 0.117. The van der Waals surface area contributed by atoms with Gasteiger partial charge in [0.25, 0.3) is 0 Å². The number of thiocarbonyl (C=S) groups is 1. The Morgan fingerprint density at radius 1 is 1.09 bits per heavy atom. The maximum atomic E-state index is 11.4.